The molecule has 1 amide bonds. The molecule has 0 bridgehead atoms. The lowest BCUT2D eigenvalue weighted by Gasteiger charge is -2.21. The van der Waals surface area contributed by atoms with Gasteiger partial charge in [0.2, 0.25) is 15.9 Å². The Hall–Kier alpha value is -2.39. The molecule has 2 heterocycles. The molecule has 9 heteroatoms. The zero-order valence-electron chi connectivity index (χ0n) is 16.2. The third-order valence-corrected chi connectivity index (χ3v) is 6.76. The Kier molecular flexibility index (Phi) is 6.35. The third kappa shape index (κ3) is 4.71. The topological polar surface area (TPSA) is 84.7 Å². The summed E-state index contributed by atoms with van der Waals surface area (Å²) in [6.45, 7) is 1.67. The molecule has 0 saturated carbocycles. The Bertz CT molecular complexity index is 908. The van der Waals surface area contributed by atoms with E-state index >= 15 is 0 Å². The van der Waals surface area contributed by atoms with E-state index in [9.17, 15) is 13.2 Å². The van der Waals surface area contributed by atoms with E-state index in [1.165, 1.54) is 21.4 Å². The first-order valence-electron chi connectivity index (χ1n) is 9.29. The average molecular weight is 407 g/mol. The Morgan fingerprint density at radius 3 is 2.54 bits per heavy atom. The fourth-order valence-electron chi connectivity index (χ4n) is 3.27. The quantitative estimate of drug-likeness (QED) is 0.722. The van der Waals surface area contributed by atoms with Gasteiger partial charge in [0.05, 0.1) is 13.3 Å². The Labute approximate surface area is 165 Å². The predicted molar refractivity (Wildman–Crippen MR) is 104 cm³/mol. The molecule has 1 aromatic heterocycles. The number of aromatic nitrogens is 2. The number of methoxy groups -OCH3 is 1. The van der Waals surface area contributed by atoms with Gasteiger partial charge in [-0.25, -0.2) is 8.42 Å². The van der Waals surface area contributed by atoms with Gasteiger partial charge < -0.3 is 9.64 Å². The van der Waals surface area contributed by atoms with Crippen LogP contribution in [-0.4, -0.2) is 66.6 Å². The van der Waals surface area contributed by atoms with Crippen LogP contribution in [0, 0.1) is 0 Å². The number of hydrogen-bond acceptors (Lipinski definition) is 5. The average Bonchev–Trinajstić information content (AvgIpc) is 2.99. The molecule has 0 aliphatic carbocycles. The molecule has 152 valence electrons. The summed E-state index contributed by atoms with van der Waals surface area (Å²) >= 11 is 0. The van der Waals surface area contributed by atoms with E-state index in [-0.39, 0.29) is 10.8 Å². The van der Waals surface area contributed by atoms with Crippen LogP contribution in [0.5, 0.6) is 5.75 Å². The summed E-state index contributed by atoms with van der Waals surface area (Å²) in [6.07, 6.45) is 4.53. The number of hydrogen-bond donors (Lipinski definition) is 0. The van der Waals surface area contributed by atoms with Gasteiger partial charge >= 0.3 is 0 Å². The molecule has 1 aromatic carbocycles. The number of benzene rings is 1. The first kappa shape index (κ1) is 20.3. The number of sulfonamides is 1. The van der Waals surface area contributed by atoms with E-state index in [0.29, 0.717) is 45.4 Å². The van der Waals surface area contributed by atoms with Crippen LogP contribution in [0.3, 0.4) is 0 Å². The molecule has 1 aliphatic heterocycles. The molecule has 1 aliphatic rings. The van der Waals surface area contributed by atoms with E-state index in [2.05, 4.69) is 5.10 Å². The predicted octanol–water partition coefficient (Wildman–Crippen LogP) is 1.28. The van der Waals surface area contributed by atoms with Gasteiger partial charge in [0.15, 0.2) is 0 Å². The van der Waals surface area contributed by atoms with Crippen molar-refractivity contribution in [2.75, 3.05) is 33.3 Å². The van der Waals surface area contributed by atoms with Crippen LogP contribution in [-0.2, 0) is 28.3 Å². The molecular formula is C19H26N4O4S. The second-order valence-electron chi connectivity index (χ2n) is 6.84. The van der Waals surface area contributed by atoms with Gasteiger partial charge in [-0.2, -0.15) is 9.40 Å². The minimum atomic E-state index is -3.58. The maximum atomic E-state index is 12.8. The summed E-state index contributed by atoms with van der Waals surface area (Å²) in [6, 6.07) is 7.67. The lowest BCUT2D eigenvalue weighted by atomic mass is 10.1. The second-order valence-corrected chi connectivity index (χ2v) is 8.77. The number of carbonyl (C=O) groups is 1. The van der Waals surface area contributed by atoms with Crippen molar-refractivity contribution in [2.24, 2.45) is 7.05 Å². The highest BCUT2D eigenvalue weighted by atomic mass is 32.2. The maximum Gasteiger partial charge on any atom is 0.246 e. The molecule has 0 spiro atoms. The molecule has 3 rings (SSSR count). The molecule has 28 heavy (non-hydrogen) atoms. The summed E-state index contributed by atoms with van der Waals surface area (Å²) < 4.78 is 33.6. The molecular weight excluding hydrogens is 380 g/mol. The summed E-state index contributed by atoms with van der Waals surface area (Å²) in [5.74, 6) is 0.842. The smallest absolute Gasteiger partial charge is 0.246 e. The van der Waals surface area contributed by atoms with Crippen LogP contribution in [0.15, 0.2) is 41.6 Å². The zero-order valence-corrected chi connectivity index (χ0v) is 17.1. The van der Waals surface area contributed by atoms with Crippen LogP contribution in [0.4, 0.5) is 0 Å². The van der Waals surface area contributed by atoms with E-state index in [1.807, 2.05) is 24.3 Å². The van der Waals surface area contributed by atoms with Gasteiger partial charge in [0.1, 0.15) is 10.6 Å². The van der Waals surface area contributed by atoms with Crippen molar-refractivity contribution in [2.45, 2.75) is 24.2 Å². The highest BCUT2D eigenvalue weighted by Crippen LogP contribution is 2.18. The van der Waals surface area contributed by atoms with E-state index < -0.39 is 10.0 Å². The number of rotatable bonds is 6. The molecule has 0 N–H and O–H groups in total. The van der Waals surface area contributed by atoms with Crippen molar-refractivity contribution in [3.8, 4) is 5.75 Å². The number of aryl methyl sites for hydroxylation is 2. The Morgan fingerprint density at radius 1 is 1.14 bits per heavy atom. The van der Waals surface area contributed by atoms with E-state index in [1.54, 1.807) is 19.1 Å². The van der Waals surface area contributed by atoms with Crippen molar-refractivity contribution in [1.29, 1.82) is 0 Å². The molecule has 0 unspecified atom stereocenters. The number of amides is 1. The molecule has 8 nitrogen and oxygen atoms in total. The highest BCUT2D eigenvalue weighted by molar-refractivity contribution is 7.89. The fraction of sp³-hybridized carbons (Fsp3) is 0.474. The van der Waals surface area contributed by atoms with Crippen molar-refractivity contribution in [3.05, 3.63) is 42.2 Å². The molecule has 2 aromatic rings. The first-order chi connectivity index (χ1) is 13.4. The van der Waals surface area contributed by atoms with Gasteiger partial charge in [-0.05, 0) is 30.5 Å². The second kappa shape index (κ2) is 8.74. The molecule has 0 radical (unpaired) electrons. The van der Waals surface area contributed by atoms with Crippen LogP contribution in [0.25, 0.3) is 0 Å². The maximum absolute atomic E-state index is 12.8. The van der Waals surface area contributed by atoms with Gasteiger partial charge in [0.25, 0.3) is 0 Å². The number of carbonyl (C=O) groups excluding carboxylic acids is 1. The van der Waals surface area contributed by atoms with Crippen LogP contribution < -0.4 is 4.74 Å². The highest BCUT2D eigenvalue weighted by Gasteiger charge is 2.29. The van der Waals surface area contributed by atoms with Gasteiger partial charge in [-0.3, -0.25) is 9.48 Å². The zero-order chi connectivity index (χ0) is 20.1. The summed E-state index contributed by atoms with van der Waals surface area (Å²) in [4.78, 5) is 14.6. The lowest BCUT2D eigenvalue weighted by Crippen LogP contribution is -2.37. The number of ether oxygens (including phenoxy) is 1. The minimum absolute atomic E-state index is 0.0523. The van der Waals surface area contributed by atoms with Crippen LogP contribution in [0.2, 0.25) is 0 Å². The Balaban J connectivity index is 1.56. The van der Waals surface area contributed by atoms with Crippen molar-refractivity contribution < 1.29 is 17.9 Å². The van der Waals surface area contributed by atoms with Crippen molar-refractivity contribution >= 4 is 15.9 Å². The van der Waals surface area contributed by atoms with Crippen molar-refractivity contribution in [1.82, 2.24) is 19.0 Å². The summed E-state index contributed by atoms with van der Waals surface area (Å²) in [5.41, 5.74) is 1.07. The largest absolute Gasteiger partial charge is 0.497 e. The van der Waals surface area contributed by atoms with E-state index in [0.717, 1.165) is 11.3 Å². The normalized spacial score (nSPS) is 16.0. The van der Waals surface area contributed by atoms with Gasteiger partial charge in [-0.15, -0.1) is 0 Å². The Morgan fingerprint density at radius 2 is 1.89 bits per heavy atom. The minimum Gasteiger partial charge on any atom is -0.497 e. The summed E-state index contributed by atoms with van der Waals surface area (Å²) in [7, 11) is -0.270. The number of nitrogens with zero attached hydrogens (tertiary/aromatic N) is 4. The third-order valence-electron chi connectivity index (χ3n) is 4.91. The fourth-order valence-corrected chi connectivity index (χ4v) is 4.72. The van der Waals surface area contributed by atoms with Crippen LogP contribution >= 0.6 is 0 Å². The molecule has 1 fully saturated rings. The monoisotopic (exact) mass is 406 g/mol. The van der Waals surface area contributed by atoms with Gasteiger partial charge in [0, 0.05) is 45.8 Å². The van der Waals surface area contributed by atoms with Crippen molar-refractivity contribution in [3.63, 3.8) is 0 Å². The SMILES string of the molecule is COc1ccc(CCC(=O)N2CCCN(S(=O)(=O)c3cnn(C)c3)CC2)cc1. The first-order valence-corrected chi connectivity index (χ1v) is 10.7. The van der Waals surface area contributed by atoms with Gasteiger partial charge in [-0.1, -0.05) is 12.1 Å². The van der Waals surface area contributed by atoms with Crippen LogP contribution in [0.1, 0.15) is 18.4 Å². The summed E-state index contributed by atoms with van der Waals surface area (Å²) in [5, 5.41) is 3.95. The van der Waals surface area contributed by atoms with E-state index in [4.69, 9.17) is 4.74 Å². The lowest BCUT2D eigenvalue weighted by molar-refractivity contribution is -0.131. The standard InChI is InChI=1S/C19H26N4O4S/c1-21-15-18(14-20-21)28(25,26)23-11-3-10-22(12-13-23)19(24)9-6-16-4-7-17(27-2)8-5-16/h4-5,7-8,14-15H,3,6,9-13H2,1-2H3. The molecule has 1 saturated heterocycles. The molecule has 0 atom stereocenters.